The van der Waals surface area contributed by atoms with E-state index in [1.807, 2.05) is 18.2 Å². The Hall–Kier alpha value is -2.88. The maximum atomic E-state index is 14.3. The zero-order chi connectivity index (χ0) is 26.3. The molecule has 0 bridgehead atoms. The molecule has 2 aliphatic carbocycles. The van der Waals surface area contributed by atoms with Gasteiger partial charge in [-0.05, 0) is 82.1 Å². The van der Waals surface area contributed by atoms with Crippen LogP contribution in [0.2, 0.25) is 0 Å². The predicted molar refractivity (Wildman–Crippen MR) is 145 cm³/mol. The second kappa shape index (κ2) is 9.88. The number of nitrogens with one attached hydrogen (secondary N) is 1. The average molecular weight is 488 g/mol. The van der Waals surface area contributed by atoms with Crippen LogP contribution in [-0.4, -0.2) is 22.8 Å². The minimum atomic E-state index is -1.22. The van der Waals surface area contributed by atoms with Crippen LogP contribution in [0.1, 0.15) is 66.4 Å². The van der Waals surface area contributed by atoms with Gasteiger partial charge in [0.1, 0.15) is 11.2 Å². The molecule has 0 saturated carbocycles. The molecule has 4 rings (SSSR count). The highest BCUT2D eigenvalue weighted by atomic mass is 16.3. The van der Waals surface area contributed by atoms with Crippen molar-refractivity contribution in [3.63, 3.8) is 0 Å². The van der Waals surface area contributed by atoms with Crippen molar-refractivity contribution >= 4 is 11.7 Å². The smallest absolute Gasteiger partial charge is 0.235 e. The van der Waals surface area contributed by atoms with Gasteiger partial charge < -0.3 is 10.4 Å². The van der Waals surface area contributed by atoms with Crippen LogP contribution >= 0.6 is 0 Å². The first-order valence-corrected chi connectivity index (χ1v) is 13.3. The van der Waals surface area contributed by atoms with Crippen LogP contribution in [0.5, 0.6) is 5.75 Å². The third-order valence-corrected chi connectivity index (χ3v) is 8.79. The van der Waals surface area contributed by atoms with E-state index in [4.69, 9.17) is 0 Å². The van der Waals surface area contributed by atoms with Gasteiger partial charge in [0, 0.05) is 17.4 Å². The Labute approximate surface area is 216 Å². The molecule has 4 heteroatoms. The van der Waals surface area contributed by atoms with E-state index in [1.54, 1.807) is 18.2 Å². The zero-order valence-electron chi connectivity index (χ0n) is 22.6. The van der Waals surface area contributed by atoms with Crippen molar-refractivity contribution < 1.29 is 14.7 Å². The number of hydrogen-bond acceptors (Lipinski definition) is 3. The number of ketones is 1. The normalized spacial score (nSPS) is 39.0. The van der Waals surface area contributed by atoms with E-state index in [0.717, 1.165) is 30.4 Å². The lowest BCUT2D eigenvalue weighted by Crippen LogP contribution is -2.57. The fraction of sp³-hybridized carbons (Fsp3) is 0.500. The molecule has 4 nitrogen and oxygen atoms in total. The summed E-state index contributed by atoms with van der Waals surface area (Å²) in [5, 5.41) is 13.0. The predicted octanol–water partition coefficient (Wildman–Crippen LogP) is 6.48. The van der Waals surface area contributed by atoms with Crippen molar-refractivity contribution in [2.75, 3.05) is 0 Å². The molecule has 0 radical (unpaired) electrons. The molecule has 36 heavy (non-hydrogen) atoms. The Morgan fingerprint density at radius 3 is 2.44 bits per heavy atom. The lowest BCUT2D eigenvalue weighted by molar-refractivity contribution is -0.146. The van der Waals surface area contributed by atoms with Gasteiger partial charge in [-0.2, -0.15) is 0 Å². The largest absolute Gasteiger partial charge is 0.508 e. The van der Waals surface area contributed by atoms with E-state index in [2.05, 4.69) is 65.1 Å². The van der Waals surface area contributed by atoms with E-state index in [-0.39, 0.29) is 35.3 Å². The van der Waals surface area contributed by atoms with Crippen molar-refractivity contribution in [2.24, 2.45) is 28.6 Å². The average Bonchev–Trinajstić information content (AvgIpc) is 3.09. The standard InChI is InChI=1S/C32H41NO3/c1-20-9-7-8-10-28(35)32-29(27(33-30(32)36)17-25-11-13-26(34)14-12-25)24(5)23(4)19-31(32,6)18-22(3)16-21(2)15-20/h8,10-14,16,18-20,24,27,29,34H,7,9,15,17H2,1-6H3,(H,33,36)/b10-8+,21-16+,22-18+/t20?,24-,27-,29-,31+,32-/m1/s1. The Morgan fingerprint density at radius 2 is 1.75 bits per heavy atom. The molecule has 1 fully saturated rings. The highest BCUT2D eigenvalue weighted by Crippen LogP contribution is 2.60. The SMILES string of the molecule is CC1=C[C@]2(C)/C=C(C)/C=C(\C)CC(C)CC/C=C/C(=O)[C@@]23C(=O)N[C@H](Cc2ccc(O)cc2)[C@H]3[C@@H]1C. The van der Waals surface area contributed by atoms with Crippen LogP contribution < -0.4 is 5.32 Å². The summed E-state index contributed by atoms with van der Waals surface area (Å²) in [7, 11) is 0. The van der Waals surface area contributed by atoms with Crippen LogP contribution in [0.15, 0.2) is 71.4 Å². The van der Waals surface area contributed by atoms with Crippen molar-refractivity contribution in [1.29, 1.82) is 0 Å². The fourth-order valence-electron chi connectivity index (χ4n) is 7.23. The maximum absolute atomic E-state index is 14.3. The van der Waals surface area contributed by atoms with Crippen LogP contribution in [0.4, 0.5) is 0 Å². The number of amides is 1. The van der Waals surface area contributed by atoms with E-state index < -0.39 is 10.8 Å². The second-order valence-electron chi connectivity index (χ2n) is 11.8. The van der Waals surface area contributed by atoms with Crippen molar-refractivity contribution in [3.8, 4) is 5.75 Å². The maximum Gasteiger partial charge on any atom is 0.235 e. The number of hydrogen-bond donors (Lipinski definition) is 2. The van der Waals surface area contributed by atoms with E-state index >= 15 is 0 Å². The Kier molecular flexibility index (Phi) is 7.19. The summed E-state index contributed by atoms with van der Waals surface area (Å²) in [6.07, 6.45) is 13.7. The Bertz CT molecular complexity index is 1150. The molecule has 1 aromatic carbocycles. The monoisotopic (exact) mass is 487 g/mol. The van der Waals surface area contributed by atoms with Crippen LogP contribution in [0.25, 0.3) is 0 Å². The van der Waals surface area contributed by atoms with E-state index in [0.29, 0.717) is 12.3 Å². The molecule has 3 aliphatic rings. The molecular weight excluding hydrogens is 446 g/mol. The number of phenolic OH excluding ortho intramolecular Hbond substituents is 1. The minimum absolute atomic E-state index is 0.0678. The van der Waals surface area contributed by atoms with E-state index in [9.17, 15) is 14.7 Å². The molecule has 2 N–H and O–H groups in total. The number of benzene rings is 1. The van der Waals surface area contributed by atoms with Gasteiger partial charge in [-0.15, -0.1) is 0 Å². The van der Waals surface area contributed by atoms with E-state index in [1.165, 1.54) is 11.1 Å². The molecule has 1 heterocycles. The van der Waals surface area contributed by atoms with Gasteiger partial charge in [0.2, 0.25) is 5.91 Å². The third kappa shape index (κ3) is 4.51. The van der Waals surface area contributed by atoms with Gasteiger partial charge in [-0.1, -0.05) is 73.9 Å². The number of phenols is 1. The highest BCUT2D eigenvalue weighted by molar-refractivity contribution is 6.14. The molecule has 1 saturated heterocycles. The Balaban J connectivity index is 1.90. The number of carbonyl (C=O) groups excluding carboxylic acids is 2. The number of carbonyl (C=O) groups is 2. The fourth-order valence-corrected chi connectivity index (χ4v) is 7.23. The summed E-state index contributed by atoms with van der Waals surface area (Å²) in [6.45, 7) is 12.9. The lowest BCUT2D eigenvalue weighted by Gasteiger charge is -2.50. The quantitative estimate of drug-likeness (QED) is 0.371. The number of rotatable bonds is 2. The summed E-state index contributed by atoms with van der Waals surface area (Å²) in [4.78, 5) is 28.4. The first-order chi connectivity index (χ1) is 17.0. The Morgan fingerprint density at radius 1 is 1.06 bits per heavy atom. The topological polar surface area (TPSA) is 66.4 Å². The molecule has 192 valence electrons. The van der Waals surface area contributed by atoms with Crippen molar-refractivity contribution in [2.45, 2.75) is 73.3 Å². The van der Waals surface area contributed by atoms with Gasteiger partial charge >= 0.3 is 0 Å². The van der Waals surface area contributed by atoms with Crippen molar-refractivity contribution in [1.82, 2.24) is 5.32 Å². The van der Waals surface area contributed by atoms with Crippen LogP contribution in [0.3, 0.4) is 0 Å². The summed E-state index contributed by atoms with van der Waals surface area (Å²) in [6, 6.07) is 6.96. The van der Waals surface area contributed by atoms with Gasteiger partial charge in [-0.3, -0.25) is 9.59 Å². The molecule has 1 amide bonds. The molecule has 6 atom stereocenters. The first kappa shape index (κ1) is 26.2. The summed E-state index contributed by atoms with van der Waals surface area (Å²) in [5.74, 6) is 0.370. The van der Waals surface area contributed by atoms with Gasteiger partial charge in [-0.25, -0.2) is 0 Å². The number of aromatic hydroxyl groups is 1. The molecule has 1 spiro atoms. The molecule has 1 unspecified atom stereocenters. The summed E-state index contributed by atoms with van der Waals surface area (Å²) < 4.78 is 0. The van der Waals surface area contributed by atoms with Gasteiger partial charge in [0.15, 0.2) is 5.78 Å². The van der Waals surface area contributed by atoms with Crippen LogP contribution in [0, 0.1) is 28.6 Å². The minimum Gasteiger partial charge on any atom is -0.508 e. The van der Waals surface area contributed by atoms with Gasteiger partial charge in [0.25, 0.3) is 0 Å². The zero-order valence-corrected chi connectivity index (χ0v) is 22.6. The summed E-state index contributed by atoms with van der Waals surface area (Å²) >= 11 is 0. The first-order valence-electron chi connectivity index (χ1n) is 13.3. The molecule has 1 aromatic rings. The molecule has 1 aliphatic heterocycles. The third-order valence-electron chi connectivity index (χ3n) is 8.79. The van der Waals surface area contributed by atoms with Gasteiger partial charge in [0.05, 0.1) is 0 Å². The number of allylic oxidation sites excluding steroid dienone is 8. The van der Waals surface area contributed by atoms with Crippen molar-refractivity contribution in [3.05, 3.63) is 76.9 Å². The lowest BCUT2D eigenvalue weighted by atomic mass is 9.48. The van der Waals surface area contributed by atoms with Crippen LogP contribution in [-0.2, 0) is 16.0 Å². The summed E-state index contributed by atoms with van der Waals surface area (Å²) in [5.41, 5.74) is 2.68. The second-order valence-corrected chi connectivity index (χ2v) is 11.8. The molecule has 0 aromatic heterocycles. The highest BCUT2D eigenvalue weighted by Gasteiger charge is 2.69. The molecular formula is C32H41NO3.